The zero-order valence-corrected chi connectivity index (χ0v) is 12.1. The zero-order chi connectivity index (χ0) is 15.6. The molecule has 2 atom stereocenters. The first-order valence-corrected chi connectivity index (χ1v) is 6.85. The van der Waals surface area contributed by atoms with Crippen molar-refractivity contribution in [2.45, 2.75) is 19.4 Å². The Balaban J connectivity index is 2.04. The van der Waals surface area contributed by atoms with Crippen molar-refractivity contribution >= 4 is 35.1 Å². The number of carboxylic acids is 1. The van der Waals surface area contributed by atoms with Crippen LogP contribution in [-0.2, 0) is 14.4 Å². The van der Waals surface area contributed by atoms with Gasteiger partial charge in [0.05, 0.1) is 5.92 Å². The highest BCUT2D eigenvalue weighted by Crippen LogP contribution is 2.26. The van der Waals surface area contributed by atoms with Gasteiger partial charge in [0.1, 0.15) is 6.04 Å². The molecule has 7 heteroatoms. The van der Waals surface area contributed by atoms with Gasteiger partial charge in [0.15, 0.2) is 0 Å². The molecule has 0 spiro atoms. The molecule has 1 aromatic rings. The molecule has 2 N–H and O–H groups in total. The number of hydrogen-bond donors (Lipinski definition) is 2. The van der Waals surface area contributed by atoms with Gasteiger partial charge in [-0.15, -0.1) is 0 Å². The molecule has 1 aliphatic rings. The van der Waals surface area contributed by atoms with E-state index in [1.165, 1.54) is 11.8 Å². The maximum absolute atomic E-state index is 12.0. The van der Waals surface area contributed by atoms with Crippen LogP contribution in [0, 0.1) is 5.92 Å². The van der Waals surface area contributed by atoms with Crippen molar-refractivity contribution in [1.82, 2.24) is 5.32 Å². The first-order chi connectivity index (χ1) is 9.88. The number of anilines is 1. The van der Waals surface area contributed by atoms with Crippen molar-refractivity contribution < 1.29 is 19.5 Å². The lowest BCUT2D eigenvalue weighted by molar-refractivity contribution is -0.141. The highest BCUT2D eigenvalue weighted by Gasteiger charge is 2.35. The van der Waals surface area contributed by atoms with Gasteiger partial charge in [-0.25, -0.2) is 0 Å². The molecule has 112 valence electrons. The van der Waals surface area contributed by atoms with Crippen molar-refractivity contribution in [1.29, 1.82) is 0 Å². The van der Waals surface area contributed by atoms with Crippen molar-refractivity contribution in [3.8, 4) is 0 Å². The Kier molecular flexibility index (Phi) is 4.47. The number of hydrogen-bond acceptors (Lipinski definition) is 3. The fraction of sp³-hybridized carbons (Fsp3) is 0.357. The van der Waals surface area contributed by atoms with E-state index in [-0.39, 0.29) is 18.9 Å². The maximum atomic E-state index is 12.0. The van der Waals surface area contributed by atoms with Crippen LogP contribution >= 0.6 is 11.6 Å². The Morgan fingerprint density at radius 2 is 2.00 bits per heavy atom. The van der Waals surface area contributed by atoms with E-state index in [1.807, 2.05) is 0 Å². The van der Waals surface area contributed by atoms with Gasteiger partial charge >= 0.3 is 5.97 Å². The molecule has 0 aromatic heterocycles. The Bertz CT molecular complexity index is 573. The molecule has 21 heavy (non-hydrogen) atoms. The Morgan fingerprint density at radius 1 is 1.38 bits per heavy atom. The van der Waals surface area contributed by atoms with E-state index < -0.39 is 23.8 Å². The largest absolute Gasteiger partial charge is 0.480 e. The second-order valence-corrected chi connectivity index (χ2v) is 5.39. The number of aliphatic carboxylic acids is 1. The summed E-state index contributed by atoms with van der Waals surface area (Å²) in [7, 11) is 0. The molecule has 2 rings (SSSR count). The van der Waals surface area contributed by atoms with Crippen LogP contribution in [0.2, 0.25) is 5.02 Å². The highest BCUT2D eigenvalue weighted by molar-refractivity contribution is 6.30. The number of rotatable bonds is 4. The summed E-state index contributed by atoms with van der Waals surface area (Å²) in [5.41, 5.74) is 0.672. The number of nitrogens with zero attached hydrogens (tertiary/aromatic N) is 1. The second kappa shape index (κ2) is 6.13. The van der Waals surface area contributed by atoms with Crippen LogP contribution in [0.4, 0.5) is 5.69 Å². The Hall–Kier alpha value is -2.08. The molecule has 0 saturated carbocycles. The lowest BCUT2D eigenvalue weighted by atomic mass is 10.1. The fourth-order valence-electron chi connectivity index (χ4n) is 2.15. The minimum absolute atomic E-state index is 0.0702. The minimum atomic E-state index is -1.11. The summed E-state index contributed by atoms with van der Waals surface area (Å²) in [5.74, 6) is -2.24. The number of benzene rings is 1. The topological polar surface area (TPSA) is 86.7 Å². The number of carbonyl (C=O) groups is 3. The van der Waals surface area contributed by atoms with Gasteiger partial charge in [0, 0.05) is 23.7 Å². The smallest absolute Gasteiger partial charge is 0.325 e. The Morgan fingerprint density at radius 3 is 2.57 bits per heavy atom. The average molecular weight is 311 g/mol. The van der Waals surface area contributed by atoms with Crippen molar-refractivity contribution in [3.63, 3.8) is 0 Å². The second-order valence-electron chi connectivity index (χ2n) is 4.95. The third-order valence-corrected chi connectivity index (χ3v) is 3.62. The SMILES string of the molecule is C[C@@H](NC(=O)C1CC(=O)N(c2ccc(Cl)cc2)C1)C(=O)O. The van der Waals surface area contributed by atoms with Gasteiger partial charge in [-0.2, -0.15) is 0 Å². The molecule has 0 radical (unpaired) electrons. The van der Waals surface area contributed by atoms with Gasteiger partial charge in [0.2, 0.25) is 11.8 Å². The van der Waals surface area contributed by atoms with E-state index in [4.69, 9.17) is 16.7 Å². The van der Waals surface area contributed by atoms with Crippen LogP contribution in [0.1, 0.15) is 13.3 Å². The normalized spacial score (nSPS) is 19.4. The molecular formula is C14H15ClN2O4. The third kappa shape index (κ3) is 3.52. The lowest BCUT2D eigenvalue weighted by Crippen LogP contribution is -2.42. The molecule has 6 nitrogen and oxygen atoms in total. The predicted molar refractivity (Wildman–Crippen MR) is 77.2 cm³/mol. The van der Waals surface area contributed by atoms with Crippen LogP contribution in [0.3, 0.4) is 0 Å². The molecule has 1 unspecified atom stereocenters. The summed E-state index contributed by atoms with van der Waals surface area (Å²) in [6, 6.07) is 5.78. The molecular weight excluding hydrogens is 296 g/mol. The first kappa shape index (κ1) is 15.3. The number of nitrogens with one attached hydrogen (secondary N) is 1. The Labute approximate surface area is 126 Å². The van der Waals surface area contributed by atoms with E-state index >= 15 is 0 Å². The fourth-order valence-corrected chi connectivity index (χ4v) is 2.27. The summed E-state index contributed by atoms with van der Waals surface area (Å²) in [6.07, 6.45) is 0.0702. The van der Waals surface area contributed by atoms with E-state index in [0.717, 1.165) is 0 Å². The first-order valence-electron chi connectivity index (χ1n) is 6.47. The molecule has 2 amide bonds. The molecule has 0 bridgehead atoms. The quantitative estimate of drug-likeness (QED) is 0.877. The predicted octanol–water partition coefficient (Wildman–Crippen LogP) is 1.28. The van der Waals surface area contributed by atoms with Crippen molar-refractivity contribution in [3.05, 3.63) is 29.3 Å². The summed E-state index contributed by atoms with van der Waals surface area (Å²) >= 11 is 5.80. The summed E-state index contributed by atoms with van der Waals surface area (Å²) in [6.45, 7) is 1.62. The monoisotopic (exact) mass is 310 g/mol. The number of amides is 2. The maximum Gasteiger partial charge on any atom is 0.325 e. The summed E-state index contributed by atoms with van der Waals surface area (Å²) < 4.78 is 0. The number of carbonyl (C=O) groups excluding carboxylic acids is 2. The third-order valence-electron chi connectivity index (χ3n) is 3.36. The number of halogens is 1. The molecule has 1 fully saturated rings. The van der Waals surface area contributed by atoms with Crippen molar-refractivity contribution in [2.75, 3.05) is 11.4 Å². The van der Waals surface area contributed by atoms with E-state index in [0.29, 0.717) is 10.7 Å². The van der Waals surface area contributed by atoms with E-state index in [1.54, 1.807) is 24.3 Å². The summed E-state index contributed by atoms with van der Waals surface area (Å²) in [5, 5.41) is 11.7. The van der Waals surface area contributed by atoms with Gasteiger partial charge in [0.25, 0.3) is 0 Å². The zero-order valence-electron chi connectivity index (χ0n) is 11.4. The van der Waals surface area contributed by atoms with Crippen LogP contribution in [0.25, 0.3) is 0 Å². The summed E-state index contributed by atoms with van der Waals surface area (Å²) in [4.78, 5) is 36.2. The van der Waals surface area contributed by atoms with Crippen LogP contribution in [0.5, 0.6) is 0 Å². The van der Waals surface area contributed by atoms with Crippen LogP contribution < -0.4 is 10.2 Å². The number of carboxylic acid groups (broad SMARTS) is 1. The van der Waals surface area contributed by atoms with Crippen LogP contribution in [0.15, 0.2) is 24.3 Å². The van der Waals surface area contributed by atoms with Gasteiger partial charge in [-0.05, 0) is 31.2 Å². The average Bonchev–Trinajstić information content (AvgIpc) is 2.81. The van der Waals surface area contributed by atoms with Crippen LogP contribution in [-0.4, -0.2) is 35.5 Å². The highest BCUT2D eigenvalue weighted by atomic mass is 35.5. The molecule has 1 aromatic carbocycles. The van der Waals surface area contributed by atoms with Gasteiger partial charge in [-0.3, -0.25) is 14.4 Å². The standard InChI is InChI=1S/C14H15ClN2O4/c1-8(14(20)21)16-13(19)9-6-12(18)17(7-9)11-4-2-10(15)3-5-11/h2-5,8-9H,6-7H2,1H3,(H,16,19)(H,20,21)/t8-,9?/m1/s1. The molecule has 0 aliphatic carbocycles. The lowest BCUT2D eigenvalue weighted by Gasteiger charge is -2.17. The van der Waals surface area contributed by atoms with Gasteiger partial charge in [-0.1, -0.05) is 11.6 Å². The van der Waals surface area contributed by atoms with Gasteiger partial charge < -0.3 is 15.3 Å². The van der Waals surface area contributed by atoms with Crippen molar-refractivity contribution in [2.24, 2.45) is 5.92 Å². The van der Waals surface area contributed by atoms with E-state index in [2.05, 4.69) is 5.32 Å². The molecule has 1 saturated heterocycles. The van der Waals surface area contributed by atoms with E-state index in [9.17, 15) is 14.4 Å². The molecule has 1 aliphatic heterocycles. The minimum Gasteiger partial charge on any atom is -0.480 e. The molecule has 1 heterocycles.